The molecule has 0 aliphatic carbocycles. The molecular weight excluding hydrogens is 362 g/mol. The zero-order valence-corrected chi connectivity index (χ0v) is 16.3. The second-order valence-corrected chi connectivity index (χ2v) is 7.17. The number of piperidine rings is 1. The van der Waals surface area contributed by atoms with Gasteiger partial charge in [0, 0.05) is 51.3 Å². The van der Waals surface area contributed by atoms with Gasteiger partial charge in [0.15, 0.2) is 0 Å². The summed E-state index contributed by atoms with van der Waals surface area (Å²) >= 11 is 0. The fourth-order valence-electron chi connectivity index (χ4n) is 3.06. The summed E-state index contributed by atoms with van der Waals surface area (Å²) in [6.45, 7) is 0.861. The third-order valence-electron chi connectivity index (χ3n) is 4.84. The maximum Gasteiger partial charge on any atom is 0.306 e. The van der Waals surface area contributed by atoms with Crippen LogP contribution in [0.3, 0.4) is 0 Å². The summed E-state index contributed by atoms with van der Waals surface area (Å²) in [6, 6.07) is 6.63. The van der Waals surface area contributed by atoms with Crippen molar-refractivity contribution in [2.45, 2.75) is 32.1 Å². The number of nitrogens with zero attached hydrogens (tertiary/aromatic N) is 2. The quantitative estimate of drug-likeness (QED) is 0.740. The monoisotopic (exact) mass is 389 g/mol. The maximum atomic E-state index is 12.5. The number of anilines is 1. The van der Waals surface area contributed by atoms with Crippen LogP contribution >= 0.6 is 0 Å². The standard InChI is InChI=1S/C20H27N3O5/c1-22(2)18(25)5-3-4-17(24)21-16-8-6-14(7-9-16)19(26)23-12-10-15(11-13-23)20(27)28/h6-9,15H,3-5,10-13H2,1-2H3,(H,21,24)(H,27,28). The zero-order chi connectivity index (χ0) is 20.7. The van der Waals surface area contributed by atoms with E-state index in [1.54, 1.807) is 43.3 Å². The number of rotatable bonds is 7. The van der Waals surface area contributed by atoms with Gasteiger partial charge in [-0.2, -0.15) is 0 Å². The molecular formula is C20H27N3O5. The Kier molecular flexibility index (Phi) is 7.54. The number of hydrogen-bond donors (Lipinski definition) is 2. The SMILES string of the molecule is CN(C)C(=O)CCCC(=O)Nc1ccc(C(=O)N2CCC(C(=O)O)CC2)cc1. The van der Waals surface area contributed by atoms with Gasteiger partial charge in [0.1, 0.15) is 0 Å². The first kappa shape index (κ1) is 21.4. The Hall–Kier alpha value is -2.90. The molecule has 1 aliphatic rings. The van der Waals surface area contributed by atoms with Gasteiger partial charge in [-0.3, -0.25) is 19.2 Å². The van der Waals surface area contributed by atoms with Crippen molar-refractivity contribution in [2.75, 3.05) is 32.5 Å². The highest BCUT2D eigenvalue weighted by Gasteiger charge is 2.27. The normalized spacial score (nSPS) is 14.4. The molecule has 0 bridgehead atoms. The van der Waals surface area contributed by atoms with Crippen LogP contribution < -0.4 is 5.32 Å². The number of benzene rings is 1. The van der Waals surface area contributed by atoms with Gasteiger partial charge >= 0.3 is 5.97 Å². The lowest BCUT2D eigenvalue weighted by Crippen LogP contribution is -2.40. The van der Waals surface area contributed by atoms with Gasteiger partial charge in [-0.25, -0.2) is 0 Å². The molecule has 1 saturated heterocycles. The van der Waals surface area contributed by atoms with Gasteiger partial charge in [0.05, 0.1) is 5.92 Å². The molecule has 2 rings (SSSR count). The molecule has 1 fully saturated rings. The van der Waals surface area contributed by atoms with Crippen LogP contribution in [0.2, 0.25) is 0 Å². The molecule has 1 aromatic carbocycles. The van der Waals surface area contributed by atoms with E-state index < -0.39 is 5.97 Å². The molecule has 1 heterocycles. The van der Waals surface area contributed by atoms with Gasteiger partial charge in [-0.15, -0.1) is 0 Å². The number of aliphatic carboxylic acids is 1. The van der Waals surface area contributed by atoms with E-state index in [-0.39, 0.29) is 30.1 Å². The molecule has 3 amide bonds. The Bertz CT molecular complexity index is 722. The number of likely N-dealkylation sites (tertiary alicyclic amines) is 1. The van der Waals surface area contributed by atoms with Crippen LogP contribution in [0.5, 0.6) is 0 Å². The highest BCUT2D eigenvalue weighted by atomic mass is 16.4. The Morgan fingerprint density at radius 2 is 1.68 bits per heavy atom. The molecule has 2 N–H and O–H groups in total. The van der Waals surface area contributed by atoms with Crippen molar-refractivity contribution in [1.82, 2.24) is 9.80 Å². The summed E-state index contributed by atoms with van der Waals surface area (Å²) < 4.78 is 0. The van der Waals surface area contributed by atoms with Crippen LogP contribution in [0, 0.1) is 5.92 Å². The van der Waals surface area contributed by atoms with Gasteiger partial charge in [0.25, 0.3) is 5.91 Å². The fraction of sp³-hybridized carbons (Fsp3) is 0.500. The topological polar surface area (TPSA) is 107 Å². The Morgan fingerprint density at radius 1 is 1.07 bits per heavy atom. The van der Waals surface area contributed by atoms with Crippen LogP contribution in [0.4, 0.5) is 5.69 Å². The van der Waals surface area contributed by atoms with Crippen molar-refractivity contribution in [1.29, 1.82) is 0 Å². The first-order valence-corrected chi connectivity index (χ1v) is 9.40. The third kappa shape index (κ3) is 6.07. The lowest BCUT2D eigenvalue weighted by Gasteiger charge is -2.30. The van der Waals surface area contributed by atoms with Crippen molar-refractivity contribution in [2.24, 2.45) is 5.92 Å². The summed E-state index contributed by atoms with van der Waals surface area (Å²) in [5, 5.41) is 11.8. The zero-order valence-electron chi connectivity index (χ0n) is 16.3. The van der Waals surface area contributed by atoms with Crippen molar-refractivity contribution in [3.05, 3.63) is 29.8 Å². The van der Waals surface area contributed by atoms with E-state index in [1.807, 2.05) is 0 Å². The predicted octanol–water partition coefficient (Wildman–Crippen LogP) is 1.82. The maximum absolute atomic E-state index is 12.5. The Morgan fingerprint density at radius 3 is 2.21 bits per heavy atom. The number of hydrogen-bond acceptors (Lipinski definition) is 4. The molecule has 1 aromatic rings. The lowest BCUT2D eigenvalue weighted by molar-refractivity contribution is -0.143. The van der Waals surface area contributed by atoms with Crippen LogP contribution in [0.25, 0.3) is 0 Å². The number of carbonyl (C=O) groups excluding carboxylic acids is 3. The van der Waals surface area contributed by atoms with Crippen LogP contribution in [0.1, 0.15) is 42.5 Å². The molecule has 0 spiro atoms. The Balaban J connectivity index is 1.81. The summed E-state index contributed by atoms with van der Waals surface area (Å²) in [5.74, 6) is -1.51. The van der Waals surface area contributed by atoms with Gasteiger partial charge < -0.3 is 20.2 Å². The van der Waals surface area contributed by atoms with E-state index in [0.717, 1.165) is 0 Å². The fourth-order valence-corrected chi connectivity index (χ4v) is 3.06. The highest BCUT2D eigenvalue weighted by Crippen LogP contribution is 2.20. The largest absolute Gasteiger partial charge is 0.481 e. The lowest BCUT2D eigenvalue weighted by atomic mass is 9.96. The van der Waals surface area contributed by atoms with E-state index in [1.165, 1.54) is 4.90 Å². The molecule has 8 nitrogen and oxygen atoms in total. The van der Waals surface area contributed by atoms with E-state index in [0.29, 0.717) is 50.0 Å². The van der Waals surface area contributed by atoms with E-state index in [4.69, 9.17) is 5.11 Å². The van der Waals surface area contributed by atoms with Crippen LogP contribution in [0.15, 0.2) is 24.3 Å². The van der Waals surface area contributed by atoms with E-state index in [2.05, 4.69) is 5.32 Å². The van der Waals surface area contributed by atoms with Crippen molar-refractivity contribution < 1.29 is 24.3 Å². The average Bonchev–Trinajstić information content (AvgIpc) is 2.68. The number of carbonyl (C=O) groups is 4. The molecule has 0 unspecified atom stereocenters. The van der Waals surface area contributed by atoms with Gasteiger partial charge in [-0.1, -0.05) is 0 Å². The van der Waals surface area contributed by atoms with Gasteiger partial charge in [0.2, 0.25) is 11.8 Å². The first-order valence-electron chi connectivity index (χ1n) is 9.40. The average molecular weight is 389 g/mol. The van der Waals surface area contributed by atoms with Crippen molar-refractivity contribution >= 4 is 29.4 Å². The molecule has 28 heavy (non-hydrogen) atoms. The minimum Gasteiger partial charge on any atom is -0.481 e. The van der Waals surface area contributed by atoms with E-state index >= 15 is 0 Å². The molecule has 8 heteroatoms. The molecule has 0 aromatic heterocycles. The van der Waals surface area contributed by atoms with Crippen LogP contribution in [-0.4, -0.2) is 65.8 Å². The summed E-state index contributed by atoms with van der Waals surface area (Å²) in [7, 11) is 3.36. The molecule has 152 valence electrons. The molecule has 1 aliphatic heterocycles. The Labute approximate surface area is 164 Å². The minimum absolute atomic E-state index is 0.0111. The van der Waals surface area contributed by atoms with Gasteiger partial charge in [-0.05, 0) is 43.5 Å². The second-order valence-electron chi connectivity index (χ2n) is 7.17. The predicted molar refractivity (Wildman–Crippen MR) is 104 cm³/mol. The first-order chi connectivity index (χ1) is 13.3. The second kappa shape index (κ2) is 9.87. The number of nitrogens with one attached hydrogen (secondary N) is 1. The summed E-state index contributed by atoms with van der Waals surface area (Å²) in [4.78, 5) is 50.1. The summed E-state index contributed by atoms with van der Waals surface area (Å²) in [6.07, 6.45) is 1.98. The van der Waals surface area contributed by atoms with E-state index in [9.17, 15) is 19.2 Å². The number of carboxylic acid groups (broad SMARTS) is 1. The molecule has 0 saturated carbocycles. The number of carboxylic acids is 1. The van der Waals surface area contributed by atoms with Crippen LogP contribution in [-0.2, 0) is 14.4 Å². The molecule has 0 radical (unpaired) electrons. The molecule has 0 atom stereocenters. The number of amides is 3. The van der Waals surface area contributed by atoms with Crippen molar-refractivity contribution in [3.63, 3.8) is 0 Å². The smallest absolute Gasteiger partial charge is 0.306 e. The summed E-state index contributed by atoms with van der Waals surface area (Å²) in [5.41, 5.74) is 1.09. The highest BCUT2D eigenvalue weighted by molar-refractivity contribution is 5.96. The minimum atomic E-state index is -0.807. The van der Waals surface area contributed by atoms with Crippen molar-refractivity contribution in [3.8, 4) is 0 Å². The third-order valence-corrected chi connectivity index (χ3v) is 4.84.